The van der Waals surface area contributed by atoms with E-state index in [9.17, 15) is 0 Å². The van der Waals surface area contributed by atoms with E-state index in [1.807, 2.05) is 13.8 Å². The molecule has 0 bridgehead atoms. The first kappa shape index (κ1) is 7.15. The lowest BCUT2D eigenvalue weighted by Gasteiger charge is -1.99. The zero-order valence-corrected chi connectivity index (χ0v) is 6.94. The van der Waals surface area contributed by atoms with Crippen molar-refractivity contribution in [2.45, 2.75) is 19.8 Å². The first-order chi connectivity index (χ1) is 5.77. The van der Waals surface area contributed by atoms with E-state index >= 15 is 0 Å². The summed E-state index contributed by atoms with van der Waals surface area (Å²) in [6.45, 7) is 4.05. The van der Waals surface area contributed by atoms with Crippen LogP contribution in [0.4, 0.5) is 0 Å². The van der Waals surface area contributed by atoms with Crippen LogP contribution < -0.4 is 0 Å². The first-order valence-electron chi connectivity index (χ1n) is 3.81. The second kappa shape index (κ2) is 2.51. The molecule has 1 N–H and O–H groups in total. The Morgan fingerprint density at radius 2 is 2.17 bits per heavy atom. The van der Waals surface area contributed by atoms with Gasteiger partial charge in [0.05, 0.1) is 6.33 Å². The number of H-pyrrole nitrogens is 1. The van der Waals surface area contributed by atoms with Crippen molar-refractivity contribution in [1.82, 2.24) is 25.1 Å². The smallest absolute Gasteiger partial charge is 0.219 e. The lowest BCUT2D eigenvalue weighted by molar-refractivity contribution is 0.748. The van der Waals surface area contributed by atoms with E-state index in [1.54, 1.807) is 6.33 Å². The summed E-state index contributed by atoms with van der Waals surface area (Å²) in [5.41, 5.74) is 1.27. The van der Waals surface area contributed by atoms with Gasteiger partial charge in [0.15, 0.2) is 11.5 Å². The van der Waals surface area contributed by atoms with Crippen LogP contribution in [0.2, 0.25) is 0 Å². The topological polar surface area (TPSA) is 67.3 Å². The Morgan fingerprint density at radius 1 is 1.33 bits per heavy atom. The zero-order valence-electron chi connectivity index (χ0n) is 6.94. The fraction of sp³-hybridized carbons (Fsp3) is 0.429. The van der Waals surface area contributed by atoms with Gasteiger partial charge in [0.1, 0.15) is 0 Å². The standard InChI is InChI=1S/C7H9N5/c1-4(2)5-10-6-7(12-11-5)9-3-8-6/h3-4H,1-2H3,(H,8,9,10,11,12). The molecule has 0 radical (unpaired) electrons. The molecule has 0 fully saturated rings. The SMILES string of the molecule is CC(C)c1nnc2nc[nH]c2n1. The third-order valence-electron chi connectivity index (χ3n) is 1.59. The van der Waals surface area contributed by atoms with Gasteiger partial charge in [0.2, 0.25) is 5.65 Å². The number of rotatable bonds is 1. The van der Waals surface area contributed by atoms with E-state index in [0.717, 1.165) is 5.82 Å². The van der Waals surface area contributed by atoms with Gasteiger partial charge in [-0.2, -0.15) is 0 Å². The minimum Gasteiger partial charge on any atom is -0.328 e. The third kappa shape index (κ3) is 1.03. The van der Waals surface area contributed by atoms with Crippen LogP contribution in [0.1, 0.15) is 25.6 Å². The molecule has 2 aromatic rings. The fourth-order valence-corrected chi connectivity index (χ4v) is 0.916. The molecule has 0 aliphatic carbocycles. The number of aromatic nitrogens is 5. The summed E-state index contributed by atoms with van der Waals surface area (Å²) in [6, 6.07) is 0. The number of aromatic amines is 1. The van der Waals surface area contributed by atoms with E-state index in [2.05, 4.69) is 25.1 Å². The molecule has 2 heterocycles. The van der Waals surface area contributed by atoms with Crippen LogP contribution in [-0.2, 0) is 0 Å². The van der Waals surface area contributed by atoms with E-state index in [4.69, 9.17) is 0 Å². The highest BCUT2D eigenvalue weighted by atomic mass is 15.2. The minimum absolute atomic E-state index is 0.296. The van der Waals surface area contributed by atoms with Gasteiger partial charge in [-0.1, -0.05) is 13.8 Å². The van der Waals surface area contributed by atoms with Gasteiger partial charge in [-0.05, 0) is 0 Å². The highest BCUT2D eigenvalue weighted by Gasteiger charge is 2.05. The van der Waals surface area contributed by atoms with E-state index in [0.29, 0.717) is 17.2 Å². The molecule has 2 rings (SSSR count). The Hall–Kier alpha value is -1.52. The second-order valence-corrected chi connectivity index (χ2v) is 2.90. The third-order valence-corrected chi connectivity index (χ3v) is 1.59. The zero-order chi connectivity index (χ0) is 8.55. The van der Waals surface area contributed by atoms with Crippen LogP contribution in [-0.4, -0.2) is 25.1 Å². The molecular weight excluding hydrogens is 154 g/mol. The van der Waals surface area contributed by atoms with Crippen molar-refractivity contribution >= 4 is 11.3 Å². The van der Waals surface area contributed by atoms with Gasteiger partial charge < -0.3 is 4.98 Å². The van der Waals surface area contributed by atoms with Crippen LogP contribution >= 0.6 is 0 Å². The molecule has 0 aliphatic rings. The average molecular weight is 163 g/mol. The summed E-state index contributed by atoms with van der Waals surface area (Å²) >= 11 is 0. The number of hydrogen-bond acceptors (Lipinski definition) is 4. The Labute approximate surface area is 69.3 Å². The van der Waals surface area contributed by atoms with Gasteiger partial charge in [-0.3, -0.25) is 0 Å². The maximum atomic E-state index is 4.24. The quantitative estimate of drug-likeness (QED) is 0.677. The molecule has 0 saturated carbocycles. The summed E-state index contributed by atoms with van der Waals surface area (Å²) in [4.78, 5) is 11.1. The summed E-state index contributed by atoms with van der Waals surface area (Å²) < 4.78 is 0. The molecule has 0 amide bonds. The van der Waals surface area contributed by atoms with Crippen molar-refractivity contribution < 1.29 is 0 Å². The molecule has 5 heteroatoms. The van der Waals surface area contributed by atoms with Crippen molar-refractivity contribution in [1.29, 1.82) is 0 Å². The van der Waals surface area contributed by atoms with Crippen LogP contribution in [0, 0.1) is 0 Å². The van der Waals surface area contributed by atoms with Crippen molar-refractivity contribution in [3.8, 4) is 0 Å². The van der Waals surface area contributed by atoms with E-state index < -0.39 is 0 Å². The summed E-state index contributed by atoms with van der Waals surface area (Å²) in [6.07, 6.45) is 1.57. The maximum absolute atomic E-state index is 4.24. The number of nitrogens with one attached hydrogen (secondary N) is 1. The predicted molar refractivity (Wildman–Crippen MR) is 43.6 cm³/mol. The van der Waals surface area contributed by atoms with Gasteiger partial charge >= 0.3 is 0 Å². The molecule has 5 nitrogen and oxygen atoms in total. The molecule has 0 aromatic carbocycles. The van der Waals surface area contributed by atoms with Gasteiger partial charge in [-0.15, -0.1) is 10.2 Å². The molecule has 2 aromatic heterocycles. The van der Waals surface area contributed by atoms with Crippen molar-refractivity contribution in [2.75, 3.05) is 0 Å². The summed E-state index contributed by atoms with van der Waals surface area (Å²) in [5.74, 6) is 1.04. The molecule has 12 heavy (non-hydrogen) atoms. The van der Waals surface area contributed by atoms with Crippen LogP contribution in [0.5, 0.6) is 0 Å². The normalized spacial score (nSPS) is 11.2. The molecule has 0 unspecified atom stereocenters. The van der Waals surface area contributed by atoms with Crippen molar-refractivity contribution in [2.24, 2.45) is 0 Å². The van der Waals surface area contributed by atoms with E-state index in [1.165, 1.54) is 0 Å². The average Bonchev–Trinajstić information content (AvgIpc) is 2.49. The molecule has 0 saturated heterocycles. The molecular formula is C7H9N5. The first-order valence-corrected chi connectivity index (χ1v) is 3.81. The number of hydrogen-bond donors (Lipinski definition) is 1. The van der Waals surface area contributed by atoms with E-state index in [-0.39, 0.29) is 0 Å². The van der Waals surface area contributed by atoms with Gasteiger partial charge in [-0.25, -0.2) is 9.97 Å². The molecule has 0 atom stereocenters. The Bertz CT molecular complexity index is 391. The fourth-order valence-electron chi connectivity index (χ4n) is 0.916. The maximum Gasteiger partial charge on any atom is 0.219 e. The second-order valence-electron chi connectivity index (χ2n) is 2.90. The lowest BCUT2D eigenvalue weighted by atomic mass is 10.2. The molecule has 0 aliphatic heterocycles. The van der Waals surface area contributed by atoms with Gasteiger partial charge in [0.25, 0.3) is 0 Å². The Morgan fingerprint density at radius 3 is 2.92 bits per heavy atom. The molecule has 62 valence electrons. The highest BCUT2D eigenvalue weighted by molar-refractivity contribution is 5.62. The van der Waals surface area contributed by atoms with Gasteiger partial charge in [0, 0.05) is 5.92 Å². The van der Waals surface area contributed by atoms with Crippen molar-refractivity contribution in [3.63, 3.8) is 0 Å². The summed E-state index contributed by atoms with van der Waals surface area (Å²) in [7, 11) is 0. The largest absolute Gasteiger partial charge is 0.328 e. The number of imidazole rings is 1. The number of nitrogens with zero attached hydrogens (tertiary/aromatic N) is 4. The lowest BCUT2D eigenvalue weighted by Crippen LogP contribution is -1.99. The number of fused-ring (bicyclic) bond motifs is 1. The highest BCUT2D eigenvalue weighted by Crippen LogP contribution is 2.08. The van der Waals surface area contributed by atoms with Crippen LogP contribution in [0.3, 0.4) is 0 Å². The monoisotopic (exact) mass is 163 g/mol. The van der Waals surface area contributed by atoms with Crippen LogP contribution in [0.25, 0.3) is 11.3 Å². The predicted octanol–water partition coefficient (Wildman–Crippen LogP) is 0.871. The molecule has 0 spiro atoms. The van der Waals surface area contributed by atoms with Crippen molar-refractivity contribution in [3.05, 3.63) is 12.2 Å². The Balaban J connectivity index is 2.60. The summed E-state index contributed by atoms with van der Waals surface area (Å²) in [5, 5.41) is 7.84. The Kier molecular flexibility index (Phi) is 1.49. The van der Waals surface area contributed by atoms with Crippen LogP contribution in [0.15, 0.2) is 6.33 Å². The minimum atomic E-state index is 0.296.